The van der Waals surface area contributed by atoms with Crippen LogP contribution in [0, 0.1) is 0 Å². The molecule has 1 atom stereocenters. The number of methoxy groups -OCH3 is 3. The van der Waals surface area contributed by atoms with Gasteiger partial charge >= 0.3 is 0 Å². The first-order chi connectivity index (χ1) is 19.3. The summed E-state index contributed by atoms with van der Waals surface area (Å²) in [6.07, 6.45) is 3.77. The number of benzene rings is 2. The molecule has 1 aliphatic carbocycles. The predicted octanol–water partition coefficient (Wildman–Crippen LogP) is 3.29. The molecule has 0 unspecified atom stereocenters. The summed E-state index contributed by atoms with van der Waals surface area (Å²) < 4.78 is 20.2. The maximum absolute atomic E-state index is 14.2. The molecule has 0 spiro atoms. The SMILES string of the molecule is COc1ccc(CN(C(=O)c2snc(C(N)=O)c2N)[C@@H](C(=O)NC2CCCC2)c2ccc(OC)c(OC)c2)cc1. The van der Waals surface area contributed by atoms with Gasteiger partial charge in [-0.15, -0.1) is 0 Å². The molecule has 1 heterocycles. The zero-order valence-corrected chi connectivity index (χ0v) is 23.5. The summed E-state index contributed by atoms with van der Waals surface area (Å²) in [7, 11) is 4.58. The number of aromatic nitrogens is 1. The van der Waals surface area contributed by atoms with Crippen molar-refractivity contribution in [2.24, 2.45) is 5.73 Å². The smallest absolute Gasteiger partial charge is 0.270 e. The van der Waals surface area contributed by atoms with Crippen molar-refractivity contribution in [3.05, 3.63) is 64.2 Å². The molecule has 1 fully saturated rings. The van der Waals surface area contributed by atoms with Crippen LogP contribution in [-0.2, 0) is 11.3 Å². The van der Waals surface area contributed by atoms with E-state index in [-0.39, 0.29) is 34.8 Å². The number of primary amides is 1. The molecule has 212 valence electrons. The van der Waals surface area contributed by atoms with Gasteiger partial charge in [0, 0.05) is 12.6 Å². The molecular formula is C28H33N5O6S. The predicted molar refractivity (Wildman–Crippen MR) is 151 cm³/mol. The van der Waals surface area contributed by atoms with Crippen LogP contribution in [0.25, 0.3) is 0 Å². The molecule has 0 radical (unpaired) electrons. The summed E-state index contributed by atoms with van der Waals surface area (Å²) in [6, 6.07) is 11.2. The lowest BCUT2D eigenvalue weighted by Crippen LogP contribution is -2.45. The summed E-state index contributed by atoms with van der Waals surface area (Å²) in [5.41, 5.74) is 12.5. The Morgan fingerprint density at radius 2 is 1.70 bits per heavy atom. The Hall–Kier alpha value is -4.32. The topological polar surface area (TPSA) is 159 Å². The maximum atomic E-state index is 14.2. The van der Waals surface area contributed by atoms with E-state index in [4.69, 9.17) is 25.7 Å². The lowest BCUT2D eigenvalue weighted by molar-refractivity contribution is -0.126. The van der Waals surface area contributed by atoms with Gasteiger partial charge in [0.05, 0.1) is 27.0 Å². The number of anilines is 1. The monoisotopic (exact) mass is 567 g/mol. The Bertz CT molecular complexity index is 1370. The lowest BCUT2D eigenvalue weighted by Gasteiger charge is -2.32. The Kier molecular flexibility index (Phi) is 9.10. The van der Waals surface area contributed by atoms with E-state index in [9.17, 15) is 14.4 Å². The number of carbonyl (C=O) groups excluding carboxylic acids is 3. The van der Waals surface area contributed by atoms with Gasteiger partial charge in [-0.1, -0.05) is 31.0 Å². The van der Waals surface area contributed by atoms with Crippen molar-refractivity contribution in [1.82, 2.24) is 14.6 Å². The zero-order chi connectivity index (χ0) is 28.8. The molecule has 4 rings (SSSR count). The molecule has 0 saturated heterocycles. The first kappa shape index (κ1) is 28.7. The number of carbonyl (C=O) groups is 3. The molecule has 3 amide bonds. The standard InChI is InChI=1S/C28H33N5O6S/c1-37-19-11-8-16(9-12-19)15-33(28(36)25-22(29)23(26(30)34)32-40-25)24(27(35)31-18-6-4-5-7-18)17-10-13-20(38-2)21(14-17)39-3/h8-14,18,24H,4-7,15,29H2,1-3H3,(H2,30,34)(H,31,35)/t24-/m1/s1. The van der Waals surface area contributed by atoms with Gasteiger partial charge in [-0.25, -0.2) is 0 Å². The van der Waals surface area contributed by atoms with Crippen LogP contribution in [0.4, 0.5) is 5.69 Å². The Balaban J connectivity index is 1.84. The summed E-state index contributed by atoms with van der Waals surface area (Å²) in [6.45, 7) is 0.0448. The maximum Gasteiger partial charge on any atom is 0.270 e. The van der Waals surface area contributed by atoms with Gasteiger partial charge in [-0.2, -0.15) is 4.37 Å². The third-order valence-corrected chi connectivity index (χ3v) is 7.76. The van der Waals surface area contributed by atoms with E-state index in [2.05, 4.69) is 9.69 Å². The van der Waals surface area contributed by atoms with Gasteiger partial charge in [0.2, 0.25) is 5.91 Å². The molecule has 0 bridgehead atoms. The van der Waals surface area contributed by atoms with E-state index in [1.807, 2.05) is 12.1 Å². The fourth-order valence-corrected chi connectivity index (χ4v) is 5.57. The molecule has 3 aromatic rings. The van der Waals surface area contributed by atoms with Crippen LogP contribution in [0.3, 0.4) is 0 Å². The van der Waals surface area contributed by atoms with E-state index < -0.39 is 17.9 Å². The highest BCUT2D eigenvalue weighted by molar-refractivity contribution is 7.09. The van der Waals surface area contributed by atoms with Crippen molar-refractivity contribution in [2.45, 2.75) is 44.3 Å². The zero-order valence-electron chi connectivity index (χ0n) is 22.6. The Morgan fingerprint density at radius 1 is 1.02 bits per heavy atom. The van der Waals surface area contributed by atoms with Crippen LogP contribution in [0.1, 0.15) is 63.0 Å². The highest BCUT2D eigenvalue weighted by Crippen LogP contribution is 2.35. The van der Waals surface area contributed by atoms with Crippen molar-refractivity contribution in [1.29, 1.82) is 0 Å². The van der Waals surface area contributed by atoms with Crippen molar-refractivity contribution in [2.75, 3.05) is 27.1 Å². The van der Waals surface area contributed by atoms with E-state index in [0.717, 1.165) is 42.8 Å². The Morgan fingerprint density at radius 3 is 2.27 bits per heavy atom. The number of ether oxygens (including phenoxy) is 3. The van der Waals surface area contributed by atoms with Gasteiger partial charge in [0.25, 0.3) is 11.8 Å². The normalized spacial score (nSPS) is 13.9. The van der Waals surface area contributed by atoms with E-state index >= 15 is 0 Å². The minimum Gasteiger partial charge on any atom is -0.497 e. The summed E-state index contributed by atoms with van der Waals surface area (Å²) in [5, 5.41) is 3.13. The number of nitrogens with one attached hydrogen (secondary N) is 1. The minimum absolute atomic E-state index is 0.00280. The summed E-state index contributed by atoms with van der Waals surface area (Å²) in [5.74, 6) is -0.227. The first-order valence-corrected chi connectivity index (χ1v) is 13.6. The first-order valence-electron chi connectivity index (χ1n) is 12.8. The van der Waals surface area contributed by atoms with Crippen LogP contribution in [-0.4, -0.2) is 54.4 Å². The molecule has 40 heavy (non-hydrogen) atoms. The second-order valence-electron chi connectivity index (χ2n) is 9.43. The number of rotatable bonds is 11. The molecule has 1 saturated carbocycles. The number of nitrogen functional groups attached to an aromatic ring is 1. The molecule has 0 aliphatic heterocycles. The van der Waals surface area contributed by atoms with Crippen LogP contribution in [0.15, 0.2) is 42.5 Å². The minimum atomic E-state index is -1.08. The molecule has 1 aromatic heterocycles. The molecule has 12 heteroatoms. The highest BCUT2D eigenvalue weighted by atomic mass is 32.1. The quantitative estimate of drug-likeness (QED) is 0.318. The summed E-state index contributed by atoms with van der Waals surface area (Å²) in [4.78, 5) is 41.4. The van der Waals surface area contributed by atoms with Crippen molar-refractivity contribution in [3.8, 4) is 17.2 Å². The average molecular weight is 568 g/mol. The number of amides is 3. The second-order valence-corrected chi connectivity index (χ2v) is 10.2. The van der Waals surface area contributed by atoms with Crippen LogP contribution in [0.2, 0.25) is 0 Å². The van der Waals surface area contributed by atoms with Crippen LogP contribution < -0.4 is 31.0 Å². The summed E-state index contributed by atoms with van der Waals surface area (Å²) >= 11 is 0.765. The van der Waals surface area contributed by atoms with Gasteiger partial charge in [-0.05, 0) is 59.8 Å². The van der Waals surface area contributed by atoms with Crippen LogP contribution in [0.5, 0.6) is 17.2 Å². The number of nitrogens with two attached hydrogens (primary N) is 2. The van der Waals surface area contributed by atoms with E-state index in [1.54, 1.807) is 37.4 Å². The third kappa shape index (κ3) is 6.12. The fraction of sp³-hybridized carbons (Fsp3) is 0.357. The van der Waals surface area contributed by atoms with Gasteiger partial charge < -0.3 is 35.9 Å². The number of hydrogen-bond donors (Lipinski definition) is 3. The van der Waals surface area contributed by atoms with Gasteiger partial charge in [-0.3, -0.25) is 14.4 Å². The largest absolute Gasteiger partial charge is 0.497 e. The lowest BCUT2D eigenvalue weighted by atomic mass is 10.0. The Labute approximate surface area is 236 Å². The molecule has 2 aromatic carbocycles. The van der Waals surface area contributed by atoms with Crippen molar-refractivity contribution < 1.29 is 28.6 Å². The second kappa shape index (κ2) is 12.7. The molecule has 11 nitrogen and oxygen atoms in total. The molecule has 5 N–H and O–H groups in total. The van der Waals surface area contributed by atoms with Crippen molar-refractivity contribution >= 4 is 34.9 Å². The van der Waals surface area contributed by atoms with Crippen LogP contribution >= 0.6 is 11.5 Å². The fourth-order valence-electron chi connectivity index (χ4n) is 4.81. The molecular weight excluding hydrogens is 534 g/mol. The third-order valence-electron chi connectivity index (χ3n) is 6.91. The van der Waals surface area contributed by atoms with E-state index in [1.165, 1.54) is 19.1 Å². The highest BCUT2D eigenvalue weighted by Gasteiger charge is 2.36. The van der Waals surface area contributed by atoms with E-state index in [0.29, 0.717) is 22.8 Å². The number of nitrogens with zero attached hydrogens (tertiary/aromatic N) is 2. The van der Waals surface area contributed by atoms with Crippen molar-refractivity contribution in [3.63, 3.8) is 0 Å². The van der Waals surface area contributed by atoms with Gasteiger partial charge in [0.15, 0.2) is 17.2 Å². The van der Waals surface area contributed by atoms with Gasteiger partial charge in [0.1, 0.15) is 16.7 Å². The average Bonchev–Trinajstić information content (AvgIpc) is 3.62. The number of hydrogen-bond acceptors (Lipinski definition) is 9. The molecule has 1 aliphatic rings.